The molecule has 2 heterocycles. The highest BCUT2D eigenvalue weighted by atomic mass is 35.5. The monoisotopic (exact) mass is 268 g/mol. The SMILES string of the molecule is O=C(OCCN1CCCC1=O)c1cccnc1Cl. The van der Waals surface area contributed by atoms with Crippen LogP contribution in [0.3, 0.4) is 0 Å². The van der Waals surface area contributed by atoms with Crippen LogP contribution in [-0.2, 0) is 9.53 Å². The van der Waals surface area contributed by atoms with Crippen LogP contribution in [0, 0.1) is 0 Å². The summed E-state index contributed by atoms with van der Waals surface area (Å²) in [5.41, 5.74) is 0.243. The first-order chi connectivity index (χ1) is 8.68. The molecule has 1 amide bonds. The number of halogens is 1. The number of rotatable bonds is 4. The Bertz CT molecular complexity index is 464. The van der Waals surface area contributed by atoms with Crippen molar-refractivity contribution >= 4 is 23.5 Å². The Hall–Kier alpha value is -1.62. The maximum Gasteiger partial charge on any atom is 0.341 e. The van der Waals surface area contributed by atoms with Gasteiger partial charge in [0.25, 0.3) is 0 Å². The van der Waals surface area contributed by atoms with Gasteiger partial charge in [-0.2, -0.15) is 0 Å². The molecular formula is C12H13ClN2O3. The highest BCUT2D eigenvalue weighted by Gasteiger charge is 2.20. The molecule has 1 aliphatic heterocycles. The predicted molar refractivity (Wildman–Crippen MR) is 65.3 cm³/mol. The van der Waals surface area contributed by atoms with E-state index in [9.17, 15) is 9.59 Å². The molecule has 1 fully saturated rings. The number of esters is 1. The smallest absolute Gasteiger partial charge is 0.341 e. The number of pyridine rings is 1. The summed E-state index contributed by atoms with van der Waals surface area (Å²) in [7, 11) is 0. The molecule has 0 N–H and O–H groups in total. The van der Waals surface area contributed by atoms with E-state index in [4.69, 9.17) is 16.3 Å². The minimum atomic E-state index is -0.514. The van der Waals surface area contributed by atoms with Crippen LogP contribution in [0.15, 0.2) is 18.3 Å². The quantitative estimate of drug-likeness (QED) is 0.614. The first-order valence-corrected chi connectivity index (χ1v) is 6.11. The van der Waals surface area contributed by atoms with Gasteiger partial charge < -0.3 is 9.64 Å². The van der Waals surface area contributed by atoms with Crippen LogP contribution in [0.2, 0.25) is 5.15 Å². The third-order valence-electron chi connectivity index (χ3n) is 2.74. The lowest BCUT2D eigenvalue weighted by molar-refractivity contribution is -0.128. The third-order valence-corrected chi connectivity index (χ3v) is 3.05. The van der Waals surface area contributed by atoms with Gasteiger partial charge in [0, 0.05) is 19.2 Å². The van der Waals surface area contributed by atoms with Gasteiger partial charge in [0.1, 0.15) is 11.8 Å². The van der Waals surface area contributed by atoms with E-state index in [1.807, 2.05) is 0 Å². The maximum atomic E-state index is 11.7. The summed E-state index contributed by atoms with van der Waals surface area (Å²) in [5.74, 6) is -0.398. The molecule has 96 valence electrons. The van der Waals surface area contributed by atoms with Crippen LogP contribution < -0.4 is 0 Å². The average Bonchev–Trinajstić information content (AvgIpc) is 2.75. The molecule has 1 aromatic rings. The summed E-state index contributed by atoms with van der Waals surface area (Å²) in [5, 5.41) is 0.125. The fourth-order valence-corrected chi connectivity index (χ4v) is 2.00. The van der Waals surface area contributed by atoms with Gasteiger partial charge in [-0.1, -0.05) is 11.6 Å². The van der Waals surface area contributed by atoms with Crippen molar-refractivity contribution in [2.75, 3.05) is 19.7 Å². The van der Waals surface area contributed by atoms with E-state index in [2.05, 4.69) is 4.98 Å². The zero-order chi connectivity index (χ0) is 13.0. The average molecular weight is 269 g/mol. The normalized spacial score (nSPS) is 14.9. The Morgan fingerprint density at radius 3 is 3.06 bits per heavy atom. The predicted octanol–water partition coefficient (Wildman–Crippen LogP) is 1.51. The van der Waals surface area contributed by atoms with Gasteiger partial charge in [-0.05, 0) is 18.6 Å². The number of aromatic nitrogens is 1. The molecule has 5 nitrogen and oxygen atoms in total. The van der Waals surface area contributed by atoms with Crippen LogP contribution in [-0.4, -0.2) is 41.5 Å². The second kappa shape index (κ2) is 5.82. The molecule has 18 heavy (non-hydrogen) atoms. The summed E-state index contributed by atoms with van der Waals surface area (Å²) in [6.07, 6.45) is 2.96. The maximum absolute atomic E-state index is 11.7. The van der Waals surface area contributed by atoms with Gasteiger partial charge >= 0.3 is 5.97 Å². The van der Waals surface area contributed by atoms with Crippen molar-refractivity contribution < 1.29 is 14.3 Å². The molecule has 1 aliphatic rings. The van der Waals surface area contributed by atoms with Crippen molar-refractivity contribution in [3.63, 3.8) is 0 Å². The Labute approximate surface area is 110 Å². The van der Waals surface area contributed by atoms with Crippen molar-refractivity contribution in [2.45, 2.75) is 12.8 Å². The van der Waals surface area contributed by atoms with E-state index in [0.717, 1.165) is 13.0 Å². The van der Waals surface area contributed by atoms with E-state index < -0.39 is 5.97 Å². The second-order valence-electron chi connectivity index (χ2n) is 3.96. The second-order valence-corrected chi connectivity index (χ2v) is 4.32. The largest absolute Gasteiger partial charge is 0.460 e. The molecule has 0 bridgehead atoms. The molecule has 0 aromatic carbocycles. The number of nitrogens with zero attached hydrogens (tertiary/aromatic N) is 2. The molecule has 2 rings (SSSR count). The van der Waals surface area contributed by atoms with Gasteiger partial charge in [0.15, 0.2) is 0 Å². The minimum absolute atomic E-state index is 0.116. The first-order valence-electron chi connectivity index (χ1n) is 5.74. The summed E-state index contributed by atoms with van der Waals surface area (Å²) < 4.78 is 5.06. The number of carbonyl (C=O) groups excluding carboxylic acids is 2. The van der Waals surface area contributed by atoms with Crippen LogP contribution in [0.5, 0.6) is 0 Å². The molecule has 0 aliphatic carbocycles. The Morgan fingerprint density at radius 2 is 2.39 bits per heavy atom. The summed E-state index contributed by atoms with van der Waals surface area (Å²) in [6, 6.07) is 3.17. The Balaban J connectivity index is 1.82. The zero-order valence-electron chi connectivity index (χ0n) is 9.76. The number of amides is 1. The van der Waals surface area contributed by atoms with Gasteiger partial charge in [-0.25, -0.2) is 9.78 Å². The van der Waals surface area contributed by atoms with E-state index >= 15 is 0 Å². The van der Waals surface area contributed by atoms with Gasteiger partial charge in [-0.15, -0.1) is 0 Å². The Morgan fingerprint density at radius 1 is 1.56 bits per heavy atom. The van der Waals surface area contributed by atoms with Crippen LogP contribution in [0.1, 0.15) is 23.2 Å². The van der Waals surface area contributed by atoms with Gasteiger partial charge in [-0.3, -0.25) is 4.79 Å². The van der Waals surface area contributed by atoms with Crippen LogP contribution in [0.25, 0.3) is 0 Å². The van der Waals surface area contributed by atoms with Crippen molar-refractivity contribution in [3.05, 3.63) is 29.0 Å². The van der Waals surface area contributed by atoms with Crippen molar-refractivity contribution in [1.82, 2.24) is 9.88 Å². The molecule has 0 atom stereocenters. The number of hydrogen-bond acceptors (Lipinski definition) is 4. The van der Waals surface area contributed by atoms with E-state index in [1.54, 1.807) is 17.0 Å². The highest BCUT2D eigenvalue weighted by molar-refractivity contribution is 6.32. The lowest BCUT2D eigenvalue weighted by Gasteiger charge is -2.15. The highest BCUT2D eigenvalue weighted by Crippen LogP contribution is 2.13. The number of ether oxygens (including phenoxy) is 1. The molecule has 0 saturated carbocycles. The fraction of sp³-hybridized carbons (Fsp3) is 0.417. The molecule has 1 saturated heterocycles. The molecule has 0 unspecified atom stereocenters. The molecule has 0 radical (unpaired) electrons. The Kier molecular flexibility index (Phi) is 4.15. The van der Waals surface area contributed by atoms with E-state index in [-0.39, 0.29) is 23.2 Å². The summed E-state index contributed by atoms with van der Waals surface area (Å²) in [4.78, 5) is 28.5. The molecule has 0 spiro atoms. The summed E-state index contributed by atoms with van der Waals surface area (Å²) >= 11 is 5.77. The molecule has 1 aromatic heterocycles. The third kappa shape index (κ3) is 2.98. The van der Waals surface area contributed by atoms with Crippen molar-refractivity contribution in [2.24, 2.45) is 0 Å². The fourth-order valence-electron chi connectivity index (χ4n) is 1.81. The zero-order valence-corrected chi connectivity index (χ0v) is 10.5. The topological polar surface area (TPSA) is 59.5 Å². The molecule has 6 heteroatoms. The van der Waals surface area contributed by atoms with Crippen molar-refractivity contribution in [1.29, 1.82) is 0 Å². The van der Waals surface area contributed by atoms with Crippen LogP contribution >= 0.6 is 11.6 Å². The number of likely N-dealkylation sites (tertiary alicyclic amines) is 1. The lowest BCUT2D eigenvalue weighted by atomic mass is 10.3. The standard InChI is InChI=1S/C12H13ClN2O3/c13-11-9(3-1-5-14-11)12(17)18-8-7-15-6-2-4-10(15)16/h1,3,5H,2,4,6-8H2. The summed E-state index contributed by atoms with van der Waals surface area (Å²) in [6.45, 7) is 1.35. The first kappa shape index (κ1) is 12.8. The minimum Gasteiger partial charge on any atom is -0.460 e. The number of hydrogen-bond donors (Lipinski definition) is 0. The van der Waals surface area contributed by atoms with Gasteiger partial charge in [0.05, 0.1) is 12.1 Å². The van der Waals surface area contributed by atoms with Gasteiger partial charge in [0.2, 0.25) is 5.91 Å². The van der Waals surface area contributed by atoms with Crippen molar-refractivity contribution in [3.8, 4) is 0 Å². The number of carbonyl (C=O) groups is 2. The van der Waals surface area contributed by atoms with Crippen LogP contribution in [0.4, 0.5) is 0 Å². The lowest BCUT2D eigenvalue weighted by Crippen LogP contribution is -2.29. The van der Waals surface area contributed by atoms with E-state index in [1.165, 1.54) is 6.20 Å². The van der Waals surface area contributed by atoms with E-state index in [0.29, 0.717) is 13.0 Å². The molecular weight excluding hydrogens is 256 g/mol.